The lowest BCUT2D eigenvalue weighted by Crippen LogP contribution is -2.59. The Balaban J connectivity index is 0.000000434. The molecule has 4 saturated carbocycles. The summed E-state index contributed by atoms with van der Waals surface area (Å²) in [5, 5.41) is 0. The standard InChI is InChI=1S/C36H56O3.C8H8O/c1-23(2)9-8-10-25(4)29-15-16-30-28-22-33(38-7)32-21-27(39-34(37)26-13-11-24(3)12-14-26)17-19-36(32,6)31(28)18-20-35(29,30)5;1-7-2-4-8(6-9)5-3-7/h11-14,23,25,27-33H,8-10,15-22H2,1-7H3;2-6H,1H3. The summed E-state index contributed by atoms with van der Waals surface area (Å²) in [6.45, 7) is 16.6. The van der Waals surface area contributed by atoms with Crippen LogP contribution in [0.3, 0.4) is 0 Å². The Morgan fingerprint density at radius 1 is 0.812 bits per heavy atom. The van der Waals surface area contributed by atoms with E-state index in [0.29, 0.717) is 22.3 Å². The molecule has 0 N–H and O–H groups in total. The van der Waals surface area contributed by atoms with Crippen LogP contribution >= 0.6 is 0 Å². The predicted molar refractivity (Wildman–Crippen MR) is 196 cm³/mol. The highest BCUT2D eigenvalue weighted by Crippen LogP contribution is 2.68. The van der Waals surface area contributed by atoms with E-state index in [1.165, 1.54) is 56.9 Å². The highest BCUT2D eigenvalue weighted by molar-refractivity contribution is 5.89. The van der Waals surface area contributed by atoms with Gasteiger partial charge >= 0.3 is 5.97 Å². The second-order valence-electron chi connectivity index (χ2n) is 17.2. The van der Waals surface area contributed by atoms with Gasteiger partial charge in [-0.05, 0) is 130 Å². The lowest BCUT2D eigenvalue weighted by Gasteiger charge is -2.63. The number of ether oxygens (including phenoxy) is 2. The molecule has 0 spiro atoms. The van der Waals surface area contributed by atoms with Crippen molar-refractivity contribution in [2.24, 2.45) is 52.3 Å². The van der Waals surface area contributed by atoms with Crippen molar-refractivity contribution in [3.8, 4) is 0 Å². The van der Waals surface area contributed by atoms with E-state index < -0.39 is 0 Å². The van der Waals surface area contributed by atoms with Gasteiger partial charge in [-0.15, -0.1) is 0 Å². The molecule has 2 aromatic carbocycles. The molecule has 0 amide bonds. The van der Waals surface area contributed by atoms with Crippen LogP contribution in [0.5, 0.6) is 0 Å². The van der Waals surface area contributed by atoms with Crippen LogP contribution in [0.25, 0.3) is 0 Å². The van der Waals surface area contributed by atoms with Crippen molar-refractivity contribution < 1.29 is 19.1 Å². The first-order valence-electron chi connectivity index (χ1n) is 19.2. The minimum atomic E-state index is -0.167. The van der Waals surface area contributed by atoms with Crippen LogP contribution in [0.4, 0.5) is 0 Å². The molecular weight excluding hydrogens is 592 g/mol. The molecule has 264 valence electrons. The van der Waals surface area contributed by atoms with E-state index in [1.54, 1.807) is 0 Å². The van der Waals surface area contributed by atoms with Gasteiger partial charge in [0.15, 0.2) is 0 Å². The van der Waals surface area contributed by atoms with Crippen molar-refractivity contribution in [2.75, 3.05) is 7.11 Å². The second-order valence-corrected chi connectivity index (χ2v) is 17.2. The molecule has 0 bridgehead atoms. The molecule has 6 rings (SSSR count). The number of fused-ring (bicyclic) bond motifs is 5. The number of esters is 1. The van der Waals surface area contributed by atoms with Gasteiger partial charge in [-0.2, -0.15) is 0 Å². The van der Waals surface area contributed by atoms with Crippen LogP contribution in [0.15, 0.2) is 48.5 Å². The SMILES string of the molecule is COC1CC2C3CCC(C(C)CCCC(C)C)C3(C)CCC2C2(C)CCC(OC(=O)c3ccc(C)cc3)CC12.Cc1ccc(C=O)cc1. The Morgan fingerprint density at radius 2 is 1.44 bits per heavy atom. The highest BCUT2D eigenvalue weighted by atomic mass is 16.5. The third-order valence-corrected chi connectivity index (χ3v) is 13.9. The van der Waals surface area contributed by atoms with Crippen molar-refractivity contribution in [3.05, 3.63) is 70.8 Å². The van der Waals surface area contributed by atoms with E-state index in [1.807, 2.05) is 69.5 Å². The third-order valence-electron chi connectivity index (χ3n) is 13.9. The number of methoxy groups -OCH3 is 1. The predicted octanol–water partition coefficient (Wildman–Crippen LogP) is 11.1. The smallest absolute Gasteiger partial charge is 0.338 e. The van der Waals surface area contributed by atoms with Crippen LogP contribution < -0.4 is 0 Å². The van der Waals surface area contributed by atoms with E-state index >= 15 is 0 Å². The summed E-state index contributed by atoms with van der Waals surface area (Å²) < 4.78 is 12.4. The topological polar surface area (TPSA) is 52.6 Å². The normalized spacial score (nSPS) is 34.6. The Morgan fingerprint density at radius 3 is 2.06 bits per heavy atom. The van der Waals surface area contributed by atoms with Crippen molar-refractivity contribution in [1.82, 2.24) is 0 Å². The Labute approximate surface area is 292 Å². The number of rotatable bonds is 9. The molecule has 4 heteroatoms. The number of hydrogen-bond donors (Lipinski definition) is 0. The first-order chi connectivity index (χ1) is 22.9. The lowest BCUT2D eigenvalue weighted by atomic mass is 9.43. The fraction of sp³-hybridized carbons (Fsp3) is 0.682. The van der Waals surface area contributed by atoms with Crippen LogP contribution in [-0.2, 0) is 9.47 Å². The summed E-state index contributed by atoms with van der Waals surface area (Å²) in [4.78, 5) is 23.1. The Kier molecular flexibility index (Phi) is 12.0. The molecule has 0 heterocycles. The van der Waals surface area contributed by atoms with Gasteiger partial charge < -0.3 is 9.47 Å². The summed E-state index contributed by atoms with van der Waals surface area (Å²) in [5.74, 6) is 5.29. The summed E-state index contributed by atoms with van der Waals surface area (Å²) in [7, 11) is 1.93. The average molecular weight is 657 g/mol. The van der Waals surface area contributed by atoms with Crippen LogP contribution in [0.2, 0.25) is 0 Å². The number of benzene rings is 2. The summed E-state index contributed by atoms with van der Waals surface area (Å²) in [6, 6.07) is 15.2. The molecule has 10 unspecified atom stereocenters. The molecule has 10 atom stereocenters. The summed E-state index contributed by atoms with van der Waals surface area (Å²) in [6.07, 6.45) is 15.2. The minimum absolute atomic E-state index is 0.00230. The number of aryl methyl sites for hydroxylation is 2. The van der Waals surface area contributed by atoms with Gasteiger partial charge in [0.05, 0.1) is 11.7 Å². The third kappa shape index (κ3) is 7.79. The molecule has 0 radical (unpaired) electrons. The second kappa shape index (κ2) is 15.6. The minimum Gasteiger partial charge on any atom is -0.459 e. The van der Waals surface area contributed by atoms with Crippen molar-refractivity contribution >= 4 is 12.3 Å². The van der Waals surface area contributed by atoms with Crippen LogP contribution in [0, 0.1) is 66.1 Å². The zero-order valence-electron chi connectivity index (χ0n) is 31.3. The fourth-order valence-electron chi connectivity index (χ4n) is 11.2. The summed E-state index contributed by atoms with van der Waals surface area (Å²) in [5.41, 5.74) is 4.54. The molecule has 4 fully saturated rings. The van der Waals surface area contributed by atoms with Crippen molar-refractivity contribution in [2.45, 2.75) is 131 Å². The highest BCUT2D eigenvalue weighted by Gasteiger charge is 2.62. The molecule has 4 aliphatic carbocycles. The molecule has 0 aliphatic heterocycles. The largest absolute Gasteiger partial charge is 0.459 e. The van der Waals surface area contributed by atoms with Gasteiger partial charge in [0.25, 0.3) is 0 Å². The molecule has 48 heavy (non-hydrogen) atoms. The quantitative estimate of drug-likeness (QED) is 0.199. The van der Waals surface area contributed by atoms with E-state index in [0.717, 1.165) is 72.2 Å². The Bertz CT molecular complexity index is 1350. The average Bonchev–Trinajstić information content (AvgIpc) is 3.43. The maximum absolute atomic E-state index is 12.9. The molecule has 0 saturated heterocycles. The zero-order valence-corrected chi connectivity index (χ0v) is 31.3. The molecule has 0 aromatic heterocycles. The van der Waals surface area contributed by atoms with Gasteiger partial charge in [0.2, 0.25) is 0 Å². The first kappa shape index (κ1) is 36.8. The molecule has 4 aliphatic rings. The maximum Gasteiger partial charge on any atom is 0.338 e. The number of hydrogen-bond acceptors (Lipinski definition) is 4. The van der Waals surface area contributed by atoms with Gasteiger partial charge in [-0.1, -0.05) is 101 Å². The molecule has 4 nitrogen and oxygen atoms in total. The van der Waals surface area contributed by atoms with Crippen molar-refractivity contribution in [1.29, 1.82) is 0 Å². The monoisotopic (exact) mass is 656 g/mol. The van der Waals surface area contributed by atoms with Crippen molar-refractivity contribution in [3.63, 3.8) is 0 Å². The fourth-order valence-corrected chi connectivity index (χ4v) is 11.2. The summed E-state index contributed by atoms with van der Waals surface area (Å²) >= 11 is 0. The zero-order chi connectivity index (χ0) is 34.6. The Hall–Kier alpha value is -2.46. The first-order valence-corrected chi connectivity index (χ1v) is 19.2. The van der Waals surface area contributed by atoms with E-state index in [9.17, 15) is 9.59 Å². The van der Waals surface area contributed by atoms with E-state index in [2.05, 4.69) is 34.6 Å². The van der Waals surface area contributed by atoms with Crippen LogP contribution in [0.1, 0.15) is 137 Å². The van der Waals surface area contributed by atoms with Gasteiger partial charge in [0.1, 0.15) is 12.4 Å². The number of carbonyl (C=O) groups is 2. The molecule has 2 aromatic rings. The number of carbonyl (C=O) groups excluding carboxylic acids is 2. The van der Waals surface area contributed by atoms with Gasteiger partial charge in [-0.25, -0.2) is 4.79 Å². The maximum atomic E-state index is 12.9. The van der Waals surface area contributed by atoms with E-state index in [-0.39, 0.29) is 18.2 Å². The number of aldehydes is 1. The van der Waals surface area contributed by atoms with Gasteiger partial charge in [-0.3, -0.25) is 4.79 Å². The molecular formula is C44H64O4. The van der Waals surface area contributed by atoms with Crippen LogP contribution in [-0.4, -0.2) is 31.6 Å². The lowest BCUT2D eigenvalue weighted by molar-refractivity contribution is -0.180. The van der Waals surface area contributed by atoms with Gasteiger partial charge in [0, 0.05) is 12.7 Å². The van der Waals surface area contributed by atoms with E-state index in [4.69, 9.17) is 9.47 Å².